The summed E-state index contributed by atoms with van der Waals surface area (Å²) in [7, 11) is 0. The van der Waals surface area contributed by atoms with Gasteiger partial charge in [0, 0.05) is 43.1 Å². The molecule has 0 atom stereocenters. The van der Waals surface area contributed by atoms with Gasteiger partial charge >= 0.3 is 0 Å². The van der Waals surface area contributed by atoms with Crippen molar-refractivity contribution in [3.8, 4) is 56.0 Å². The number of anilines is 6. The standard InChI is InChI=1S/C101H77BN2OS2/c1-63(2)74-55-77(64(3)4)99(78(56-74)65(5)6)102-87-49-47-75(103-89-51-43-70(66-27-11-7-12-28-66)57-83(89)100(84-58-71(44-52-90(84)103)67-29-13-8-14-30-67)79-35-19-23-39-95(79)106-96-40-24-20-36-80(96)100)61-93(87)105-94-62-76(48-50-88(94)102)104-91-53-45-72(68-31-15-9-16-32-68)59-85(91)101(86-60-73(46-54-92(86)104)69-33-17-10-18-34-69)81-37-21-25-41-97(81)107-98-42-26-22-38-82(98)101/h7-65H,1-6H3. The minimum absolute atomic E-state index is 0.175. The molecule has 0 aromatic heterocycles. The lowest BCUT2D eigenvalue weighted by molar-refractivity contribution is 0.487. The summed E-state index contributed by atoms with van der Waals surface area (Å²) >= 11 is 3.76. The number of ether oxygens (including phenoxy) is 1. The van der Waals surface area contributed by atoms with Crippen LogP contribution in [0.3, 0.4) is 0 Å². The molecule has 0 fully saturated rings. The average molecular weight is 1410 g/mol. The molecule has 512 valence electrons. The highest BCUT2D eigenvalue weighted by molar-refractivity contribution is 7.99. The zero-order valence-electron chi connectivity index (χ0n) is 60.8. The molecule has 6 heteroatoms. The predicted octanol–water partition coefficient (Wildman–Crippen LogP) is 25.6. The summed E-state index contributed by atoms with van der Waals surface area (Å²) in [4.78, 5) is 10.1. The van der Waals surface area contributed by atoms with E-state index in [1.165, 1.54) is 131 Å². The second-order valence-corrected chi connectivity index (χ2v) is 32.5. The van der Waals surface area contributed by atoms with Gasteiger partial charge in [0.15, 0.2) is 0 Å². The summed E-state index contributed by atoms with van der Waals surface area (Å²) in [5, 5.41) is 0. The van der Waals surface area contributed by atoms with Crippen LogP contribution in [0.25, 0.3) is 44.5 Å². The topological polar surface area (TPSA) is 15.7 Å². The molecular weight excluding hydrogens is 1330 g/mol. The van der Waals surface area contributed by atoms with E-state index < -0.39 is 10.8 Å². The molecule has 5 aliphatic heterocycles. The fourth-order valence-corrected chi connectivity index (χ4v) is 20.9. The normalized spacial score (nSPS) is 14.2. The number of fused-ring (bicyclic) bond motifs is 18. The first-order valence-electron chi connectivity index (χ1n) is 37.8. The Morgan fingerprint density at radius 2 is 0.561 bits per heavy atom. The second kappa shape index (κ2) is 25.6. The number of hydrogen-bond acceptors (Lipinski definition) is 5. The Morgan fingerprint density at radius 1 is 0.271 bits per heavy atom. The molecule has 0 amide bonds. The molecule has 2 spiro atoms. The molecule has 0 saturated heterocycles. The van der Waals surface area contributed by atoms with Crippen LogP contribution >= 0.6 is 23.5 Å². The van der Waals surface area contributed by atoms with Crippen molar-refractivity contribution in [2.45, 2.75) is 89.7 Å². The van der Waals surface area contributed by atoms with Crippen molar-refractivity contribution in [3.63, 3.8) is 0 Å². The minimum Gasteiger partial charge on any atom is -0.458 e. The van der Waals surface area contributed by atoms with Crippen molar-refractivity contribution in [2.75, 3.05) is 9.80 Å². The molecule has 5 aliphatic rings. The van der Waals surface area contributed by atoms with Crippen LogP contribution < -0.4 is 30.9 Å². The minimum atomic E-state index is -0.719. The van der Waals surface area contributed by atoms with E-state index in [1.807, 2.05) is 23.5 Å². The highest BCUT2D eigenvalue weighted by Crippen LogP contribution is 2.66. The van der Waals surface area contributed by atoms with Crippen molar-refractivity contribution in [3.05, 3.63) is 401 Å². The first kappa shape index (κ1) is 65.0. The molecule has 0 aliphatic carbocycles. The van der Waals surface area contributed by atoms with Gasteiger partial charge in [0.25, 0.3) is 6.71 Å². The van der Waals surface area contributed by atoms with Crippen LogP contribution in [-0.2, 0) is 10.8 Å². The van der Waals surface area contributed by atoms with Crippen molar-refractivity contribution in [1.29, 1.82) is 0 Å². The van der Waals surface area contributed by atoms with Crippen LogP contribution in [0, 0.1) is 0 Å². The summed E-state index contributed by atoms with van der Waals surface area (Å²) in [6.07, 6.45) is 0. The van der Waals surface area contributed by atoms with E-state index in [0.29, 0.717) is 5.92 Å². The number of benzene rings is 15. The van der Waals surface area contributed by atoms with Crippen molar-refractivity contribution < 1.29 is 4.74 Å². The maximum Gasteiger partial charge on any atom is 0.251 e. The SMILES string of the molecule is CC(C)c1cc(C(C)C)c(B2c3ccc(N4c5ccc(-c6ccccc6)cc5C5(c6ccccc6Sc6ccccc65)c5cc(-c6ccccc6)ccc54)cc3Oc3cc(N4c5ccc(-c6ccccc6)cc5C5(c6ccccc6Sc6ccccc65)c5cc(-c6ccccc6)ccc54)ccc32)c(C(C)C)c1. The lowest BCUT2D eigenvalue weighted by Crippen LogP contribution is -2.57. The second-order valence-electron chi connectivity index (χ2n) is 30.3. The van der Waals surface area contributed by atoms with Crippen molar-refractivity contribution in [1.82, 2.24) is 0 Å². The van der Waals surface area contributed by atoms with Gasteiger partial charge in [0.2, 0.25) is 0 Å². The van der Waals surface area contributed by atoms with Gasteiger partial charge in [0.1, 0.15) is 11.5 Å². The lowest BCUT2D eigenvalue weighted by atomic mass is 9.34. The van der Waals surface area contributed by atoms with E-state index in [1.54, 1.807) is 0 Å². The largest absolute Gasteiger partial charge is 0.458 e. The van der Waals surface area contributed by atoms with Crippen molar-refractivity contribution in [2.24, 2.45) is 0 Å². The molecule has 20 rings (SSSR count). The number of nitrogens with zero attached hydrogens (tertiary/aromatic N) is 2. The van der Waals surface area contributed by atoms with E-state index in [2.05, 4.69) is 391 Å². The molecule has 3 nitrogen and oxygen atoms in total. The molecule has 0 N–H and O–H groups in total. The number of rotatable bonds is 10. The van der Waals surface area contributed by atoms with Gasteiger partial charge in [0.05, 0.1) is 33.6 Å². The van der Waals surface area contributed by atoms with Crippen LogP contribution in [0.5, 0.6) is 11.5 Å². The highest BCUT2D eigenvalue weighted by atomic mass is 32.2. The molecule has 0 radical (unpaired) electrons. The van der Waals surface area contributed by atoms with Crippen LogP contribution in [0.15, 0.2) is 359 Å². The predicted molar refractivity (Wildman–Crippen MR) is 449 cm³/mol. The molecule has 15 aromatic carbocycles. The van der Waals surface area contributed by atoms with Gasteiger partial charge < -0.3 is 14.5 Å². The molecular formula is C101H77BN2OS2. The molecule has 0 saturated carbocycles. The smallest absolute Gasteiger partial charge is 0.251 e. The molecule has 107 heavy (non-hydrogen) atoms. The summed E-state index contributed by atoms with van der Waals surface area (Å²) in [5.74, 6) is 2.52. The Bertz CT molecular complexity index is 5430. The first-order valence-corrected chi connectivity index (χ1v) is 39.4. The Kier molecular flexibility index (Phi) is 15.6. The Labute approximate surface area is 637 Å². The summed E-state index contributed by atoms with van der Waals surface area (Å²) in [6.45, 7) is 14.1. The summed E-state index contributed by atoms with van der Waals surface area (Å²) in [6, 6.07) is 129. The van der Waals surface area contributed by atoms with E-state index in [9.17, 15) is 0 Å². The third-order valence-electron chi connectivity index (χ3n) is 23.4. The fourth-order valence-electron chi connectivity index (χ4n) is 18.5. The Morgan fingerprint density at radius 3 is 0.850 bits per heavy atom. The Balaban J connectivity index is 0.840. The Hall–Kier alpha value is -11.5. The zero-order valence-corrected chi connectivity index (χ0v) is 62.4. The lowest BCUT2D eigenvalue weighted by Gasteiger charge is -2.49. The first-order chi connectivity index (χ1) is 52.5. The third-order valence-corrected chi connectivity index (χ3v) is 25.7. The maximum absolute atomic E-state index is 7.96. The van der Waals surface area contributed by atoms with Crippen LogP contribution in [0.2, 0.25) is 0 Å². The van der Waals surface area contributed by atoms with E-state index in [-0.39, 0.29) is 18.5 Å². The van der Waals surface area contributed by atoms with Crippen LogP contribution in [0.1, 0.15) is 120 Å². The van der Waals surface area contributed by atoms with Gasteiger partial charge in [-0.2, -0.15) is 0 Å². The third kappa shape index (κ3) is 10.1. The van der Waals surface area contributed by atoms with E-state index in [4.69, 9.17) is 4.74 Å². The van der Waals surface area contributed by atoms with Gasteiger partial charge in [-0.15, -0.1) is 0 Å². The van der Waals surface area contributed by atoms with Gasteiger partial charge in [-0.05, 0) is 219 Å². The average Bonchev–Trinajstić information content (AvgIpc) is 0.683. The van der Waals surface area contributed by atoms with Gasteiger partial charge in [-0.1, -0.05) is 313 Å². The fraction of sp³-hybridized carbons (Fsp3) is 0.109. The maximum atomic E-state index is 7.96. The highest BCUT2D eigenvalue weighted by Gasteiger charge is 2.53. The molecule has 15 aromatic rings. The molecule has 5 heterocycles. The zero-order chi connectivity index (χ0) is 71.8. The van der Waals surface area contributed by atoms with E-state index >= 15 is 0 Å². The van der Waals surface area contributed by atoms with Crippen LogP contribution in [-0.4, -0.2) is 6.71 Å². The molecule has 0 unspecified atom stereocenters. The number of hydrogen-bond donors (Lipinski definition) is 0. The van der Waals surface area contributed by atoms with Gasteiger partial charge in [-0.3, -0.25) is 0 Å². The quantitative estimate of drug-likeness (QED) is 0.126. The monoisotopic (exact) mass is 1410 g/mol. The molecule has 0 bridgehead atoms. The van der Waals surface area contributed by atoms with Crippen molar-refractivity contribution >= 4 is 80.7 Å². The van der Waals surface area contributed by atoms with E-state index in [0.717, 1.165) is 56.5 Å². The summed E-state index contributed by atoms with van der Waals surface area (Å²) in [5.41, 5.74) is 32.3. The van der Waals surface area contributed by atoms with Gasteiger partial charge in [-0.25, -0.2) is 0 Å². The summed E-state index contributed by atoms with van der Waals surface area (Å²) < 4.78 is 7.96. The van der Waals surface area contributed by atoms with Crippen LogP contribution in [0.4, 0.5) is 34.1 Å².